The average molecular weight is 503 g/mol. The van der Waals surface area contributed by atoms with Crippen molar-refractivity contribution in [3.05, 3.63) is 47.8 Å². The molecule has 10 nitrogen and oxygen atoms in total. The van der Waals surface area contributed by atoms with Crippen LogP contribution in [-0.2, 0) is 16.6 Å². The summed E-state index contributed by atoms with van der Waals surface area (Å²) in [5.41, 5.74) is 7.45. The van der Waals surface area contributed by atoms with E-state index in [0.717, 1.165) is 12.8 Å². The summed E-state index contributed by atoms with van der Waals surface area (Å²) in [6, 6.07) is 7.71. The number of aromatic nitrogens is 3. The Morgan fingerprint density at radius 3 is 2.63 bits per heavy atom. The second kappa shape index (κ2) is 10.1. The van der Waals surface area contributed by atoms with Gasteiger partial charge in [0.15, 0.2) is 0 Å². The quantitative estimate of drug-likeness (QED) is 0.482. The minimum atomic E-state index is -3.75. The Balaban J connectivity index is 1.96. The summed E-state index contributed by atoms with van der Waals surface area (Å²) in [6.07, 6.45) is 3.09. The zero-order valence-electron chi connectivity index (χ0n) is 19.5. The van der Waals surface area contributed by atoms with Gasteiger partial charge in [0, 0.05) is 36.3 Å². The molecule has 1 saturated heterocycles. The van der Waals surface area contributed by atoms with E-state index < -0.39 is 15.9 Å². The highest BCUT2D eigenvalue weighted by atomic mass is 32.2. The first kappa shape index (κ1) is 24.8. The van der Waals surface area contributed by atoms with E-state index in [2.05, 4.69) is 15.0 Å². The number of sulfonamides is 1. The number of amides is 1. The average Bonchev–Trinajstić information content (AvgIpc) is 3.53. The van der Waals surface area contributed by atoms with Gasteiger partial charge in [0.25, 0.3) is 5.91 Å². The molecule has 3 N–H and O–H groups in total. The van der Waals surface area contributed by atoms with Crippen molar-refractivity contribution in [2.75, 3.05) is 33.8 Å². The highest BCUT2D eigenvalue weighted by molar-refractivity contribution is 7.89. The highest BCUT2D eigenvalue weighted by Crippen LogP contribution is 2.37. The third kappa shape index (κ3) is 4.90. The number of allylic oxidation sites excluding steroid dienone is 1. The Morgan fingerprint density at radius 2 is 1.97 bits per heavy atom. The van der Waals surface area contributed by atoms with Crippen LogP contribution >= 0.6 is 0 Å². The van der Waals surface area contributed by atoms with E-state index in [1.807, 2.05) is 0 Å². The standard InChI is InChI=1S/C23H27FN6O4S/c1-26-35(32,33)17-5-6-21(34-2)18(13-17)19-11-15(23(31)29-9-3-4-10-29)12-20-22(19)27-28-30(20)14-16(24)7-8-25/h5-7,11-13,26H,3-4,8-10,14,25H2,1-2H3/b16-7-. The number of methoxy groups -OCH3 is 1. The number of likely N-dealkylation sites (tertiary alicyclic amines) is 1. The smallest absolute Gasteiger partial charge is 0.253 e. The van der Waals surface area contributed by atoms with Gasteiger partial charge < -0.3 is 15.4 Å². The van der Waals surface area contributed by atoms with Gasteiger partial charge in [-0.05, 0) is 56.3 Å². The van der Waals surface area contributed by atoms with E-state index in [4.69, 9.17) is 10.5 Å². The lowest BCUT2D eigenvalue weighted by Crippen LogP contribution is -2.27. The summed E-state index contributed by atoms with van der Waals surface area (Å²) in [6.45, 7) is 1.12. The molecule has 12 heteroatoms. The molecule has 35 heavy (non-hydrogen) atoms. The van der Waals surface area contributed by atoms with Gasteiger partial charge in [-0.25, -0.2) is 22.2 Å². The normalized spacial score (nSPS) is 14.6. The molecule has 1 aromatic heterocycles. The van der Waals surface area contributed by atoms with Crippen molar-refractivity contribution < 1.29 is 22.3 Å². The van der Waals surface area contributed by atoms with Gasteiger partial charge in [-0.3, -0.25) is 4.79 Å². The monoisotopic (exact) mass is 502 g/mol. The molecule has 3 aromatic rings. The number of ether oxygens (including phenoxy) is 1. The molecule has 186 valence electrons. The third-order valence-corrected chi connectivity index (χ3v) is 7.35. The van der Waals surface area contributed by atoms with Crippen LogP contribution in [0.2, 0.25) is 0 Å². The number of halogens is 1. The third-order valence-electron chi connectivity index (χ3n) is 5.94. The fourth-order valence-corrected chi connectivity index (χ4v) is 4.89. The minimum Gasteiger partial charge on any atom is -0.496 e. The van der Waals surface area contributed by atoms with Crippen molar-refractivity contribution >= 4 is 27.0 Å². The lowest BCUT2D eigenvalue weighted by atomic mass is 9.99. The molecule has 0 atom stereocenters. The maximum absolute atomic E-state index is 14.3. The highest BCUT2D eigenvalue weighted by Gasteiger charge is 2.25. The Labute approximate surface area is 202 Å². The zero-order chi connectivity index (χ0) is 25.2. The molecule has 0 saturated carbocycles. The molecule has 0 bridgehead atoms. The van der Waals surface area contributed by atoms with Crippen LogP contribution in [0.4, 0.5) is 4.39 Å². The Morgan fingerprint density at radius 1 is 1.23 bits per heavy atom. The number of nitrogens with zero attached hydrogens (tertiary/aromatic N) is 4. The second-order valence-corrected chi connectivity index (χ2v) is 9.98. The van der Waals surface area contributed by atoms with Gasteiger partial charge in [-0.2, -0.15) is 0 Å². The van der Waals surface area contributed by atoms with Gasteiger partial charge in [-0.15, -0.1) is 5.10 Å². The Kier molecular flexibility index (Phi) is 7.15. The molecule has 0 aliphatic carbocycles. The maximum Gasteiger partial charge on any atom is 0.253 e. The maximum atomic E-state index is 14.3. The van der Waals surface area contributed by atoms with E-state index in [1.165, 1.54) is 43.1 Å². The lowest BCUT2D eigenvalue weighted by Gasteiger charge is -2.17. The molecule has 1 amide bonds. The van der Waals surface area contributed by atoms with Crippen LogP contribution in [0, 0.1) is 0 Å². The summed E-state index contributed by atoms with van der Waals surface area (Å²) >= 11 is 0. The van der Waals surface area contributed by atoms with Crippen LogP contribution in [0.25, 0.3) is 22.2 Å². The van der Waals surface area contributed by atoms with E-state index in [0.29, 0.717) is 46.6 Å². The zero-order valence-corrected chi connectivity index (χ0v) is 20.3. The molecule has 0 radical (unpaired) electrons. The number of nitrogens with one attached hydrogen (secondary N) is 1. The molecule has 1 fully saturated rings. The number of carbonyl (C=O) groups excluding carboxylic acids is 1. The van der Waals surface area contributed by atoms with E-state index in [1.54, 1.807) is 17.0 Å². The van der Waals surface area contributed by atoms with Crippen molar-refractivity contribution in [2.45, 2.75) is 24.3 Å². The van der Waals surface area contributed by atoms with Gasteiger partial charge in [0.1, 0.15) is 17.1 Å². The number of carbonyl (C=O) groups is 1. The number of hydrogen-bond acceptors (Lipinski definition) is 7. The number of fused-ring (bicyclic) bond motifs is 1. The van der Waals surface area contributed by atoms with Gasteiger partial charge in [0.2, 0.25) is 10.0 Å². The summed E-state index contributed by atoms with van der Waals surface area (Å²) < 4.78 is 48.4. The molecule has 4 rings (SSSR count). The predicted molar refractivity (Wildman–Crippen MR) is 129 cm³/mol. The van der Waals surface area contributed by atoms with E-state index >= 15 is 0 Å². The van der Waals surface area contributed by atoms with Crippen LogP contribution in [0.15, 0.2) is 47.1 Å². The molecule has 0 spiro atoms. The van der Waals surface area contributed by atoms with Crippen molar-refractivity contribution in [2.24, 2.45) is 5.73 Å². The van der Waals surface area contributed by atoms with Gasteiger partial charge >= 0.3 is 0 Å². The molecule has 2 heterocycles. The van der Waals surface area contributed by atoms with Crippen LogP contribution < -0.4 is 15.2 Å². The molecule has 1 aliphatic heterocycles. The topological polar surface area (TPSA) is 132 Å². The molecule has 1 aliphatic rings. The largest absolute Gasteiger partial charge is 0.496 e. The van der Waals surface area contributed by atoms with Gasteiger partial charge in [0.05, 0.1) is 24.1 Å². The van der Waals surface area contributed by atoms with Crippen molar-refractivity contribution in [1.82, 2.24) is 24.6 Å². The molecule has 0 unspecified atom stereocenters. The number of nitrogens with two attached hydrogens (primary N) is 1. The Bertz CT molecular complexity index is 1400. The van der Waals surface area contributed by atoms with Crippen molar-refractivity contribution in [3.63, 3.8) is 0 Å². The summed E-state index contributed by atoms with van der Waals surface area (Å²) in [5.74, 6) is -0.276. The van der Waals surface area contributed by atoms with E-state index in [9.17, 15) is 17.6 Å². The lowest BCUT2D eigenvalue weighted by molar-refractivity contribution is 0.0793. The molecular weight excluding hydrogens is 475 g/mol. The summed E-state index contributed by atoms with van der Waals surface area (Å²) in [4.78, 5) is 15.1. The Hall–Kier alpha value is -3.35. The van der Waals surface area contributed by atoms with Crippen LogP contribution in [-0.4, -0.2) is 68.0 Å². The van der Waals surface area contributed by atoms with E-state index in [-0.39, 0.29) is 23.9 Å². The summed E-state index contributed by atoms with van der Waals surface area (Å²) in [7, 11) is -0.970. The van der Waals surface area contributed by atoms with Crippen LogP contribution in [0.1, 0.15) is 23.2 Å². The molecular formula is C23H27FN6O4S. The minimum absolute atomic E-state index is 0.0181. The van der Waals surface area contributed by atoms with Crippen LogP contribution in [0.3, 0.4) is 0 Å². The van der Waals surface area contributed by atoms with Crippen molar-refractivity contribution in [3.8, 4) is 16.9 Å². The van der Waals surface area contributed by atoms with Crippen LogP contribution in [0.5, 0.6) is 5.75 Å². The number of rotatable bonds is 8. The van der Waals surface area contributed by atoms with Gasteiger partial charge in [-0.1, -0.05) is 5.21 Å². The second-order valence-electron chi connectivity index (χ2n) is 8.09. The fraction of sp³-hybridized carbons (Fsp3) is 0.348. The molecule has 2 aromatic carbocycles. The first-order valence-electron chi connectivity index (χ1n) is 11.1. The number of hydrogen-bond donors (Lipinski definition) is 2. The predicted octanol–water partition coefficient (Wildman–Crippen LogP) is 2.06. The fourth-order valence-electron chi connectivity index (χ4n) is 4.13. The summed E-state index contributed by atoms with van der Waals surface area (Å²) in [5, 5.41) is 8.33. The SMILES string of the molecule is CNS(=O)(=O)c1ccc(OC)c(-c2cc(C(=O)N3CCCC3)cc3c2nnn3C/C(F)=C/CN)c1. The number of benzene rings is 2. The van der Waals surface area contributed by atoms with Crippen molar-refractivity contribution in [1.29, 1.82) is 0 Å². The first-order chi connectivity index (χ1) is 16.8. The first-order valence-corrected chi connectivity index (χ1v) is 12.6.